The first-order chi connectivity index (χ1) is 16.9. The molecule has 2 amide bonds. The molecule has 2 N–H and O–H groups in total. The lowest BCUT2D eigenvalue weighted by Crippen LogP contribution is -2.31. The number of aryl methyl sites for hydroxylation is 1. The van der Waals surface area contributed by atoms with Crippen molar-refractivity contribution < 1.29 is 23.7 Å². The minimum Gasteiger partial charge on any atom is -0.494 e. The van der Waals surface area contributed by atoms with Gasteiger partial charge in [0.05, 0.1) is 38.6 Å². The van der Waals surface area contributed by atoms with Crippen LogP contribution in [0.1, 0.15) is 23.7 Å². The van der Waals surface area contributed by atoms with Crippen molar-refractivity contribution in [2.45, 2.75) is 19.9 Å². The second kappa shape index (κ2) is 10.5. The van der Waals surface area contributed by atoms with E-state index in [-0.39, 0.29) is 12.1 Å². The second-order valence-corrected chi connectivity index (χ2v) is 8.53. The minimum absolute atomic E-state index is 0.224. The summed E-state index contributed by atoms with van der Waals surface area (Å²) in [7, 11) is 4.68. The van der Waals surface area contributed by atoms with Crippen LogP contribution in [0.5, 0.6) is 28.7 Å². The molecule has 1 atom stereocenters. The van der Waals surface area contributed by atoms with Crippen LogP contribution in [-0.2, 0) is 0 Å². The van der Waals surface area contributed by atoms with Crippen molar-refractivity contribution >= 4 is 34.0 Å². The fourth-order valence-electron chi connectivity index (χ4n) is 3.49. The largest absolute Gasteiger partial charge is 0.494 e. The van der Waals surface area contributed by atoms with Gasteiger partial charge in [0.25, 0.3) is 0 Å². The Morgan fingerprint density at radius 2 is 1.71 bits per heavy atom. The first-order valence-corrected chi connectivity index (χ1v) is 11.7. The number of hydrogen-bond donors (Lipinski definition) is 2. The average Bonchev–Trinajstić information content (AvgIpc) is 3.30. The highest BCUT2D eigenvalue weighted by Crippen LogP contribution is 2.38. The molecule has 2 aromatic heterocycles. The van der Waals surface area contributed by atoms with Crippen molar-refractivity contribution in [3.63, 3.8) is 0 Å². The van der Waals surface area contributed by atoms with Gasteiger partial charge in [-0.3, -0.25) is 4.98 Å². The molecule has 10 heteroatoms. The number of ether oxygens (including phenoxy) is 4. The van der Waals surface area contributed by atoms with Crippen LogP contribution < -0.4 is 29.6 Å². The molecule has 0 aliphatic rings. The third kappa shape index (κ3) is 5.38. The molecule has 2 aromatic carbocycles. The zero-order chi connectivity index (χ0) is 24.9. The van der Waals surface area contributed by atoms with E-state index >= 15 is 0 Å². The summed E-state index contributed by atoms with van der Waals surface area (Å²) >= 11 is 1.51. The monoisotopic (exact) mass is 494 g/mol. The fraction of sp³-hybridized carbons (Fsp3) is 0.240. The van der Waals surface area contributed by atoms with E-state index in [0.717, 1.165) is 16.1 Å². The third-order valence-electron chi connectivity index (χ3n) is 5.21. The van der Waals surface area contributed by atoms with E-state index in [1.807, 2.05) is 25.3 Å². The number of carbonyl (C=O) groups is 1. The number of carbonyl (C=O) groups excluding carboxylic acids is 1. The maximum Gasteiger partial charge on any atom is 0.319 e. The number of nitrogens with zero attached hydrogens (tertiary/aromatic N) is 2. The molecule has 0 saturated heterocycles. The molecule has 4 rings (SSSR count). The Bertz CT molecular complexity index is 1360. The van der Waals surface area contributed by atoms with Crippen LogP contribution in [-0.4, -0.2) is 37.3 Å². The van der Waals surface area contributed by atoms with Gasteiger partial charge in [0.15, 0.2) is 11.5 Å². The smallest absolute Gasteiger partial charge is 0.319 e. The van der Waals surface area contributed by atoms with Gasteiger partial charge >= 0.3 is 6.03 Å². The van der Waals surface area contributed by atoms with E-state index in [4.69, 9.17) is 18.9 Å². The molecular formula is C25H26N4O5S. The van der Waals surface area contributed by atoms with Crippen molar-refractivity contribution in [1.29, 1.82) is 0 Å². The normalized spacial score (nSPS) is 11.6. The topological polar surface area (TPSA) is 104 Å². The second-order valence-electron chi connectivity index (χ2n) is 7.64. The number of amides is 2. The quantitative estimate of drug-likeness (QED) is 0.324. The molecule has 0 aliphatic carbocycles. The number of methoxy groups -OCH3 is 3. The summed E-state index contributed by atoms with van der Waals surface area (Å²) in [5.41, 5.74) is 2.13. The summed E-state index contributed by atoms with van der Waals surface area (Å²) in [6.45, 7) is 3.80. The molecule has 0 saturated carbocycles. The van der Waals surface area contributed by atoms with Crippen LogP contribution in [0.15, 0.2) is 48.0 Å². The van der Waals surface area contributed by atoms with Gasteiger partial charge in [-0.05, 0) is 38.1 Å². The molecule has 2 heterocycles. The zero-order valence-electron chi connectivity index (χ0n) is 20.0. The predicted molar refractivity (Wildman–Crippen MR) is 135 cm³/mol. The van der Waals surface area contributed by atoms with Gasteiger partial charge in [0, 0.05) is 34.8 Å². The lowest BCUT2D eigenvalue weighted by molar-refractivity contribution is 0.249. The zero-order valence-corrected chi connectivity index (χ0v) is 20.9. The standard InChI is InChI=1S/C25H26N4O5S/c1-14-13-35-24(27-14)15(2)28-25(30)29-18-7-6-16(10-21(18)31-3)34-20-8-9-26-19-12-23(33-5)22(32-4)11-17(19)20/h6-13,15H,1-5H3,(H2,28,29,30). The summed E-state index contributed by atoms with van der Waals surface area (Å²) in [5, 5.41) is 9.26. The maximum absolute atomic E-state index is 12.5. The molecule has 4 aromatic rings. The molecule has 0 spiro atoms. The molecule has 182 valence electrons. The molecule has 35 heavy (non-hydrogen) atoms. The number of anilines is 1. The first kappa shape index (κ1) is 24.1. The summed E-state index contributed by atoms with van der Waals surface area (Å²) in [4.78, 5) is 21.4. The Hall–Kier alpha value is -4.05. The van der Waals surface area contributed by atoms with E-state index in [1.54, 1.807) is 50.7 Å². The molecule has 0 bridgehead atoms. The third-order valence-corrected chi connectivity index (χ3v) is 6.36. The van der Waals surface area contributed by atoms with Crippen LogP contribution in [0.3, 0.4) is 0 Å². The predicted octanol–water partition coefficient (Wildman–Crippen LogP) is 5.70. The van der Waals surface area contributed by atoms with E-state index in [2.05, 4.69) is 20.6 Å². The van der Waals surface area contributed by atoms with Crippen molar-refractivity contribution in [3.8, 4) is 28.7 Å². The Labute approximate surface area is 207 Å². The Morgan fingerprint density at radius 1 is 0.971 bits per heavy atom. The number of urea groups is 1. The van der Waals surface area contributed by atoms with Crippen LogP contribution in [0.2, 0.25) is 0 Å². The SMILES string of the molecule is COc1cc(Oc2ccnc3cc(OC)c(OC)cc23)ccc1NC(=O)NC(C)c1nc(C)cs1. The van der Waals surface area contributed by atoms with Gasteiger partial charge in [-0.15, -0.1) is 11.3 Å². The summed E-state index contributed by atoms with van der Waals surface area (Å²) in [5.74, 6) is 2.72. The average molecular weight is 495 g/mol. The first-order valence-electron chi connectivity index (χ1n) is 10.8. The number of hydrogen-bond acceptors (Lipinski definition) is 8. The van der Waals surface area contributed by atoms with Gasteiger partial charge in [0.2, 0.25) is 0 Å². The molecule has 9 nitrogen and oxygen atoms in total. The number of aromatic nitrogens is 2. The van der Waals surface area contributed by atoms with Gasteiger partial charge < -0.3 is 29.6 Å². The lowest BCUT2D eigenvalue weighted by atomic mass is 10.2. The Morgan fingerprint density at radius 3 is 2.40 bits per heavy atom. The van der Waals surface area contributed by atoms with Gasteiger partial charge in [-0.1, -0.05) is 0 Å². The van der Waals surface area contributed by atoms with E-state index in [9.17, 15) is 4.79 Å². The molecule has 0 radical (unpaired) electrons. The van der Waals surface area contributed by atoms with Crippen LogP contribution >= 0.6 is 11.3 Å². The highest BCUT2D eigenvalue weighted by Gasteiger charge is 2.16. The summed E-state index contributed by atoms with van der Waals surface area (Å²) in [6, 6.07) is 9.97. The summed E-state index contributed by atoms with van der Waals surface area (Å²) < 4.78 is 22.4. The Balaban J connectivity index is 1.52. The molecule has 0 fully saturated rings. The van der Waals surface area contributed by atoms with Gasteiger partial charge in [0.1, 0.15) is 22.3 Å². The Kier molecular flexibility index (Phi) is 7.21. The van der Waals surface area contributed by atoms with Crippen molar-refractivity contribution in [2.75, 3.05) is 26.6 Å². The minimum atomic E-state index is -0.363. The van der Waals surface area contributed by atoms with Crippen molar-refractivity contribution in [2.24, 2.45) is 0 Å². The van der Waals surface area contributed by atoms with Crippen LogP contribution in [0.25, 0.3) is 10.9 Å². The number of benzene rings is 2. The molecular weight excluding hydrogens is 468 g/mol. The van der Waals surface area contributed by atoms with Crippen LogP contribution in [0, 0.1) is 6.92 Å². The highest BCUT2D eigenvalue weighted by molar-refractivity contribution is 7.09. The number of fused-ring (bicyclic) bond motifs is 1. The van der Waals surface area contributed by atoms with Crippen molar-refractivity contribution in [3.05, 3.63) is 58.7 Å². The molecule has 1 unspecified atom stereocenters. The van der Waals surface area contributed by atoms with E-state index in [1.165, 1.54) is 18.4 Å². The van der Waals surface area contributed by atoms with Crippen LogP contribution in [0.4, 0.5) is 10.5 Å². The van der Waals surface area contributed by atoms with E-state index in [0.29, 0.717) is 40.0 Å². The number of thiazole rings is 1. The molecule has 0 aliphatic heterocycles. The number of pyridine rings is 1. The maximum atomic E-state index is 12.5. The number of rotatable bonds is 8. The number of nitrogens with one attached hydrogen (secondary N) is 2. The fourth-order valence-corrected chi connectivity index (χ4v) is 4.29. The van der Waals surface area contributed by atoms with Crippen molar-refractivity contribution in [1.82, 2.24) is 15.3 Å². The van der Waals surface area contributed by atoms with Gasteiger partial charge in [-0.2, -0.15) is 0 Å². The van der Waals surface area contributed by atoms with E-state index < -0.39 is 0 Å². The highest BCUT2D eigenvalue weighted by atomic mass is 32.1. The summed E-state index contributed by atoms with van der Waals surface area (Å²) in [6.07, 6.45) is 1.66. The lowest BCUT2D eigenvalue weighted by Gasteiger charge is -2.16. The van der Waals surface area contributed by atoms with Gasteiger partial charge in [-0.25, -0.2) is 9.78 Å².